The van der Waals surface area contributed by atoms with Crippen molar-refractivity contribution < 1.29 is 4.74 Å². The molecule has 120 valence electrons. The van der Waals surface area contributed by atoms with Gasteiger partial charge in [-0.15, -0.1) is 0 Å². The van der Waals surface area contributed by atoms with E-state index in [2.05, 4.69) is 39.1 Å². The van der Waals surface area contributed by atoms with E-state index in [4.69, 9.17) is 16.3 Å². The molecular formula is C18H30ClNO. The molecule has 1 rings (SSSR count). The van der Waals surface area contributed by atoms with Gasteiger partial charge in [-0.25, -0.2) is 0 Å². The molecule has 2 nitrogen and oxygen atoms in total. The minimum Gasteiger partial charge on any atom is -0.492 e. The Morgan fingerprint density at radius 1 is 1.14 bits per heavy atom. The predicted octanol–water partition coefficient (Wildman–Crippen LogP) is 5.18. The fraction of sp³-hybridized carbons (Fsp3) is 0.667. The van der Waals surface area contributed by atoms with Gasteiger partial charge in [-0.1, -0.05) is 39.3 Å². The van der Waals surface area contributed by atoms with Gasteiger partial charge in [0.05, 0.1) is 0 Å². The molecule has 0 fully saturated rings. The molecule has 1 aromatic carbocycles. The maximum absolute atomic E-state index is 6.21. The molecule has 1 N–H and O–H groups in total. The standard InChI is InChI=1S/C18H30ClNO/c1-13(2)7-6-8-20-9-10-21-18-11-15(5)17(19)12-16(18)14(3)4/h11-14,20H,6-10H2,1-5H3. The average Bonchev–Trinajstić information content (AvgIpc) is 2.40. The topological polar surface area (TPSA) is 21.3 Å². The van der Waals surface area contributed by atoms with Crippen molar-refractivity contribution in [3.05, 3.63) is 28.3 Å². The van der Waals surface area contributed by atoms with Crippen molar-refractivity contribution in [1.29, 1.82) is 0 Å². The van der Waals surface area contributed by atoms with Crippen molar-refractivity contribution in [1.82, 2.24) is 5.32 Å². The quantitative estimate of drug-likeness (QED) is 0.635. The fourth-order valence-corrected chi connectivity index (χ4v) is 2.41. The summed E-state index contributed by atoms with van der Waals surface area (Å²) < 4.78 is 5.94. The molecule has 1 aromatic rings. The summed E-state index contributed by atoms with van der Waals surface area (Å²) in [6, 6.07) is 4.09. The second-order valence-electron chi connectivity index (χ2n) is 6.43. The first-order valence-electron chi connectivity index (χ1n) is 8.05. The highest BCUT2D eigenvalue weighted by atomic mass is 35.5. The van der Waals surface area contributed by atoms with Crippen molar-refractivity contribution in [3.8, 4) is 5.75 Å². The van der Waals surface area contributed by atoms with Gasteiger partial charge in [0, 0.05) is 11.6 Å². The SMILES string of the molecule is Cc1cc(OCCNCCCC(C)C)c(C(C)C)cc1Cl. The van der Waals surface area contributed by atoms with E-state index in [9.17, 15) is 0 Å². The van der Waals surface area contributed by atoms with Crippen LogP contribution in [0.3, 0.4) is 0 Å². The predicted molar refractivity (Wildman–Crippen MR) is 92.7 cm³/mol. The smallest absolute Gasteiger partial charge is 0.123 e. The van der Waals surface area contributed by atoms with E-state index in [0.29, 0.717) is 12.5 Å². The minimum atomic E-state index is 0.414. The number of hydrogen-bond donors (Lipinski definition) is 1. The maximum Gasteiger partial charge on any atom is 0.123 e. The number of hydrogen-bond acceptors (Lipinski definition) is 2. The molecule has 0 aliphatic heterocycles. The van der Waals surface area contributed by atoms with Gasteiger partial charge in [0.1, 0.15) is 12.4 Å². The number of halogens is 1. The van der Waals surface area contributed by atoms with Gasteiger partial charge >= 0.3 is 0 Å². The lowest BCUT2D eigenvalue weighted by Crippen LogP contribution is -2.22. The van der Waals surface area contributed by atoms with Crippen LogP contribution in [0.2, 0.25) is 5.02 Å². The van der Waals surface area contributed by atoms with Crippen molar-refractivity contribution in [3.63, 3.8) is 0 Å². The summed E-state index contributed by atoms with van der Waals surface area (Å²) in [5.74, 6) is 2.17. The molecule has 0 saturated carbocycles. The first kappa shape index (κ1) is 18.3. The van der Waals surface area contributed by atoms with Gasteiger partial charge in [-0.05, 0) is 61.4 Å². The van der Waals surface area contributed by atoms with Crippen LogP contribution < -0.4 is 10.1 Å². The zero-order valence-electron chi connectivity index (χ0n) is 14.1. The molecule has 3 heteroatoms. The van der Waals surface area contributed by atoms with Gasteiger partial charge in [-0.2, -0.15) is 0 Å². The third-order valence-electron chi connectivity index (χ3n) is 3.58. The van der Waals surface area contributed by atoms with Crippen LogP contribution in [0, 0.1) is 12.8 Å². The lowest BCUT2D eigenvalue weighted by molar-refractivity contribution is 0.308. The molecule has 0 aromatic heterocycles. The molecule has 0 aliphatic rings. The number of ether oxygens (including phenoxy) is 1. The second-order valence-corrected chi connectivity index (χ2v) is 6.84. The van der Waals surface area contributed by atoms with E-state index >= 15 is 0 Å². The van der Waals surface area contributed by atoms with Crippen LogP contribution in [0.4, 0.5) is 0 Å². The number of nitrogens with one attached hydrogen (secondary N) is 1. The zero-order valence-corrected chi connectivity index (χ0v) is 14.9. The van der Waals surface area contributed by atoms with E-state index in [0.717, 1.165) is 35.3 Å². The first-order valence-corrected chi connectivity index (χ1v) is 8.43. The normalized spacial score (nSPS) is 11.4. The third kappa shape index (κ3) is 6.71. The third-order valence-corrected chi connectivity index (χ3v) is 3.99. The van der Waals surface area contributed by atoms with E-state index in [1.165, 1.54) is 18.4 Å². The minimum absolute atomic E-state index is 0.414. The monoisotopic (exact) mass is 311 g/mol. The van der Waals surface area contributed by atoms with Crippen LogP contribution in [0.15, 0.2) is 12.1 Å². The summed E-state index contributed by atoms with van der Waals surface area (Å²) in [5, 5.41) is 4.25. The Morgan fingerprint density at radius 3 is 2.48 bits per heavy atom. The lowest BCUT2D eigenvalue weighted by Gasteiger charge is -2.16. The van der Waals surface area contributed by atoms with Crippen molar-refractivity contribution >= 4 is 11.6 Å². The number of benzene rings is 1. The molecule has 21 heavy (non-hydrogen) atoms. The molecule has 0 bridgehead atoms. The highest BCUT2D eigenvalue weighted by Crippen LogP contribution is 2.31. The summed E-state index contributed by atoms with van der Waals surface area (Å²) in [5.41, 5.74) is 2.26. The van der Waals surface area contributed by atoms with Gasteiger partial charge < -0.3 is 10.1 Å². The fourth-order valence-electron chi connectivity index (χ4n) is 2.24. The van der Waals surface area contributed by atoms with Crippen LogP contribution in [0.5, 0.6) is 5.75 Å². The van der Waals surface area contributed by atoms with Crippen molar-refractivity contribution in [2.24, 2.45) is 5.92 Å². The van der Waals surface area contributed by atoms with Gasteiger partial charge in [-0.3, -0.25) is 0 Å². The molecule has 0 saturated heterocycles. The Morgan fingerprint density at radius 2 is 1.86 bits per heavy atom. The van der Waals surface area contributed by atoms with Crippen LogP contribution in [-0.4, -0.2) is 19.7 Å². The van der Waals surface area contributed by atoms with Crippen LogP contribution >= 0.6 is 11.6 Å². The zero-order chi connectivity index (χ0) is 15.8. The summed E-state index contributed by atoms with van der Waals surface area (Å²) in [6.07, 6.45) is 2.51. The van der Waals surface area contributed by atoms with E-state index in [1.54, 1.807) is 0 Å². The van der Waals surface area contributed by atoms with E-state index < -0.39 is 0 Å². The molecule has 0 radical (unpaired) electrons. The summed E-state index contributed by atoms with van der Waals surface area (Å²) in [7, 11) is 0. The second kappa shape index (κ2) is 9.32. The Labute approximate surface area is 135 Å². The Hall–Kier alpha value is -0.730. The summed E-state index contributed by atoms with van der Waals surface area (Å²) in [4.78, 5) is 0. The molecule has 0 heterocycles. The summed E-state index contributed by atoms with van der Waals surface area (Å²) >= 11 is 6.21. The molecule has 0 amide bonds. The van der Waals surface area contributed by atoms with E-state index in [-0.39, 0.29) is 0 Å². The maximum atomic E-state index is 6.21. The van der Waals surface area contributed by atoms with Crippen LogP contribution in [-0.2, 0) is 0 Å². The highest BCUT2D eigenvalue weighted by molar-refractivity contribution is 6.31. The van der Waals surface area contributed by atoms with E-state index in [1.807, 2.05) is 13.0 Å². The Bertz CT molecular complexity index is 429. The largest absolute Gasteiger partial charge is 0.492 e. The van der Waals surface area contributed by atoms with Gasteiger partial charge in [0.25, 0.3) is 0 Å². The Kier molecular flexibility index (Phi) is 8.13. The van der Waals surface area contributed by atoms with Crippen molar-refractivity contribution in [2.75, 3.05) is 19.7 Å². The lowest BCUT2D eigenvalue weighted by atomic mass is 10.0. The molecular weight excluding hydrogens is 282 g/mol. The van der Waals surface area contributed by atoms with Gasteiger partial charge in [0.15, 0.2) is 0 Å². The molecule has 0 atom stereocenters. The number of aryl methyl sites for hydroxylation is 1. The van der Waals surface area contributed by atoms with Gasteiger partial charge in [0.2, 0.25) is 0 Å². The highest BCUT2D eigenvalue weighted by Gasteiger charge is 2.10. The van der Waals surface area contributed by atoms with Crippen LogP contribution in [0.1, 0.15) is 57.6 Å². The van der Waals surface area contributed by atoms with Crippen molar-refractivity contribution in [2.45, 2.75) is 53.4 Å². The number of rotatable bonds is 9. The molecule has 0 spiro atoms. The molecule has 0 unspecified atom stereocenters. The van der Waals surface area contributed by atoms with Crippen LogP contribution in [0.25, 0.3) is 0 Å². The summed E-state index contributed by atoms with van der Waals surface area (Å²) in [6.45, 7) is 13.5. The average molecular weight is 312 g/mol. The first-order chi connectivity index (χ1) is 9.91. The Balaban J connectivity index is 2.39. The molecule has 0 aliphatic carbocycles.